The molecule has 1 fully saturated rings. The van der Waals surface area contributed by atoms with Crippen LogP contribution in [0.1, 0.15) is 18.4 Å². The Morgan fingerprint density at radius 3 is 2.85 bits per heavy atom. The summed E-state index contributed by atoms with van der Waals surface area (Å²) >= 11 is 3.08. The molecule has 0 unspecified atom stereocenters. The van der Waals surface area contributed by atoms with Crippen LogP contribution in [0.5, 0.6) is 0 Å². The number of rotatable bonds is 3. The molecule has 0 saturated carbocycles. The van der Waals surface area contributed by atoms with Gasteiger partial charge in [0.2, 0.25) is 5.91 Å². The predicted molar refractivity (Wildman–Crippen MR) is 74.7 cm³/mol. The molecule has 1 aliphatic rings. The molecule has 0 radical (unpaired) electrons. The molecule has 6 heteroatoms. The van der Waals surface area contributed by atoms with Gasteiger partial charge in [0, 0.05) is 13.1 Å². The predicted octanol–water partition coefficient (Wildman–Crippen LogP) is 2.45. The number of likely N-dealkylation sites (tertiary alicyclic amines) is 1. The van der Waals surface area contributed by atoms with E-state index in [1.807, 2.05) is 0 Å². The number of amides is 1. The lowest BCUT2D eigenvalue weighted by molar-refractivity contribution is -0.145. The van der Waals surface area contributed by atoms with Crippen LogP contribution in [0.15, 0.2) is 22.7 Å². The van der Waals surface area contributed by atoms with E-state index < -0.39 is 11.9 Å². The molecule has 1 atom stereocenters. The lowest BCUT2D eigenvalue weighted by Gasteiger charge is -2.30. The first kappa shape index (κ1) is 15.0. The van der Waals surface area contributed by atoms with Crippen molar-refractivity contribution in [1.82, 2.24) is 4.90 Å². The fourth-order valence-electron chi connectivity index (χ4n) is 2.34. The van der Waals surface area contributed by atoms with E-state index in [0.29, 0.717) is 29.4 Å². The summed E-state index contributed by atoms with van der Waals surface area (Å²) in [6.07, 6.45) is 1.47. The van der Waals surface area contributed by atoms with Crippen molar-refractivity contribution in [2.75, 3.05) is 13.1 Å². The van der Waals surface area contributed by atoms with Crippen molar-refractivity contribution in [3.63, 3.8) is 0 Å². The Labute approximate surface area is 124 Å². The van der Waals surface area contributed by atoms with Crippen molar-refractivity contribution >= 4 is 27.8 Å². The van der Waals surface area contributed by atoms with Gasteiger partial charge < -0.3 is 10.0 Å². The first-order chi connectivity index (χ1) is 9.47. The second-order valence-electron chi connectivity index (χ2n) is 4.94. The molecule has 20 heavy (non-hydrogen) atoms. The Kier molecular flexibility index (Phi) is 4.75. The lowest BCUT2D eigenvalue weighted by atomic mass is 9.97. The summed E-state index contributed by atoms with van der Waals surface area (Å²) in [5.74, 6) is -1.82. The molecular weight excluding hydrogens is 329 g/mol. The minimum atomic E-state index is -0.855. The van der Waals surface area contributed by atoms with E-state index in [1.54, 1.807) is 17.0 Å². The van der Waals surface area contributed by atoms with Crippen LogP contribution in [0.25, 0.3) is 0 Å². The van der Waals surface area contributed by atoms with Gasteiger partial charge in [-0.15, -0.1) is 0 Å². The number of carboxylic acids is 1. The minimum absolute atomic E-state index is 0.116. The van der Waals surface area contributed by atoms with Crippen molar-refractivity contribution in [3.8, 4) is 0 Å². The van der Waals surface area contributed by atoms with Gasteiger partial charge in [-0.1, -0.05) is 6.07 Å². The average molecular weight is 344 g/mol. The molecule has 108 valence electrons. The Balaban J connectivity index is 2.00. The summed E-state index contributed by atoms with van der Waals surface area (Å²) in [6.45, 7) is 0.849. The molecule has 1 N–H and O–H groups in total. The Morgan fingerprint density at radius 2 is 2.20 bits per heavy atom. The molecule has 0 aromatic heterocycles. The number of halogens is 2. The summed E-state index contributed by atoms with van der Waals surface area (Å²) in [5, 5.41) is 9.01. The summed E-state index contributed by atoms with van der Waals surface area (Å²) < 4.78 is 13.4. The third-order valence-corrected chi connectivity index (χ3v) is 4.07. The number of piperidine rings is 1. The number of benzene rings is 1. The maximum absolute atomic E-state index is 13.1. The average Bonchev–Trinajstić information content (AvgIpc) is 2.43. The molecular formula is C14H15BrFNO3. The molecule has 1 heterocycles. The standard InChI is InChI=1S/C14H15BrFNO3/c15-11-6-9(3-4-12(11)16)7-13(18)17-5-1-2-10(8-17)14(19)20/h3-4,6,10H,1-2,5,7-8H2,(H,19,20)/t10-/m0/s1. The van der Waals surface area contributed by atoms with Gasteiger partial charge in [-0.3, -0.25) is 9.59 Å². The van der Waals surface area contributed by atoms with Crippen LogP contribution in [-0.2, 0) is 16.0 Å². The normalized spacial score (nSPS) is 18.9. The highest BCUT2D eigenvalue weighted by Crippen LogP contribution is 2.20. The van der Waals surface area contributed by atoms with E-state index in [-0.39, 0.29) is 24.7 Å². The van der Waals surface area contributed by atoms with E-state index in [1.165, 1.54) is 6.07 Å². The van der Waals surface area contributed by atoms with Crippen LogP contribution in [0, 0.1) is 11.7 Å². The molecule has 1 saturated heterocycles. The quantitative estimate of drug-likeness (QED) is 0.916. The fraction of sp³-hybridized carbons (Fsp3) is 0.429. The Hall–Kier alpha value is -1.43. The maximum Gasteiger partial charge on any atom is 0.308 e. The SMILES string of the molecule is O=C(O)[C@H]1CCCN(C(=O)Cc2ccc(F)c(Br)c2)C1. The zero-order valence-corrected chi connectivity index (χ0v) is 12.4. The number of carbonyl (C=O) groups is 2. The van der Waals surface area contributed by atoms with Gasteiger partial charge in [0.05, 0.1) is 16.8 Å². The van der Waals surface area contributed by atoms with Crippen molar-refractivity contribution < 1.29 is 19.1 Å². The number of aliphatic carboxylic acids is 1. The molecule has 1 aromatic rings. The van der Waals surface area contributed by atoms with Crippen LogP contribution in [0.3, 0.4) is 0 Å². The van der Waals surface area contributed by atoms with Crippen molar-refractivity contribution in [3.05, 3.63) is 34.1 Å². The summed E-state index contributed by atoms with van der Waals surface area (Å²) in [7, 11) is 0. The number of carbonyl (C=O) groups excluding carboxylic acids is 1. The number of nitrogens with zero attached hydrogens (tertiary/aromatic N) is 1. The first-order valence-electron chi connectivity index (χ1n) is 6.42. The molecule has 0 spiro atoms. The van der Waals surface area contributed by atoms with E-state index in [0.717, 1.165) is 0 Å². The zero-order valence-electron chi connectivity index (χ0n) is 10.8. The lowest BCUT2D eigenvalue weighted by Crippen LogP contribution is -2.43. The summed E-state index contributed by atoms with van der Waals surface area (Å²) in [6, 6.07) is 4.45. The molecule has 4 nitrogen and oxygen atoms in total. The van der Waals surface area contributed by atoms with Crippen LogP contribution in [0.2, 0.25) is 0 Å². The van der Waals surface area contributed by atoms with Gasteiger partial charge in [0.15, 0.2) is 0 Å². The largest absolute Gasteiger partial charge is 0.481 e. The Morgan fingerprint density at radius 1 is 1.45 bits per heavy atom. The number of carboxylic acid groups (broad SMARTS) is 1. The second-order valence-corrected chi connectivity index (χ2v) is 5.80. The van der Waals surface area contributed by atoms with Gasteiger partial charge in [-0.25, -0.2) is 4.39 Å². The number of hydrogen-bond acceptors (Lipinski definition) is 2. The second kappa shape index (κ2) is 6.35. The van der Waals surface area contributed by atoms with Gasteiger partial charge >= 0.3 is 5.97 Å². The van der Waals surface area contributed by atoms with Crippen LogP contribution < -0.4 is 0 Å². The maximum atomic E-state index is 13.1. The fourth-order valence-corrected chi connectivity index (χ4v) is 2.77. The zero-order chi connectivity index (χ0) is 14.7. The third-order valence-electron chi connectivity index (χ3n) is 3.46. The van der Waals surface area contributed by atoms with E-state index in [9.17, 15) is 14.0 Å². The minimum Gasteiger partial charge on any atom is -0.481 e. The molecule has 1 aliphatic heterocycles. The topological polar surface area (TPSA) is 57.6 Å². The van der Waals surface area contributed by atoms with Gasteiger partial charge in [-0.05, 0) is 46.5 Å². The van der Waals surface area contributed by atoms with E-state index in [4.69, 9.17) is 5.11 Å². The number of hydrogen-bond donors (Lipinski definition) is 1. The highest BCUT2D eigenvalue weighted by Gasteiger charge is 2.27. The van der Waals surface area contributed by atoms with Gasteiger partial charge in [-0.2, -0.15) is 0 Å². The van der Waals surface area contributed by atoms with E-state index >= 15 is 0 Å². The molecule has 2 rings (SSSR count). The summed E-state index contributed by atoms with van der Waals surface area (Å²) in [4.78, 5) is 24.7. The molecule has 0 bridgehead atoms. The summed E-state index contributed by atoms with van der Waals surface area (Å²) in [5.41, 5.74) is 0.709. The Bertz CT molecular complexity index is 535. The van der Waals surface area contributed by atoms with Crippen LogP contribution in [0.4, 0.5) is 4.39 Å². The first-order valence-corrected chi connectivity index (χ1v) is 7.21. The van der Waals surface area contributed by atoms with Crippen LogP contribution in [-0.4, -0.2) is 35.0 Å². The monoisotopic (exact) mass is 343 g/mol. The highest BCUT2D eigenvalue weighted by molar-refractivity contribution is 9.10. The van der Waals surface area contributed by atoms with Crippen molar-refractivity contribution in [1.29, 1.82) is 0 Å². The van der Waals surface area contributed by atoms with E-state index in [2.05, 4.69) is 15.9 Å². The van der Waals surface area contributed by atoms with Crippen LogP contribution >= 0.6 is 15.9 Å². The van der Waals surface area contributed by atoms with Gasteiger partial charge in [0.25, 0.3) is 0 Å². The molecule has 0 aliphatic carbocycles. The van der Waals surface area contributed by atoms with Crippen molar-refractivity contribution in [2.45, 2.75) is 19.3 Å². The highest BCUT2D eigenvalue weighted by atomic mass is 79.9. The van der Waals surface area contributed by atoms with Crippen molar-refractivity contribution in [2.24, 2.45) is 5.92 Å². The van der Waals surface area contributed by atoms with Gasteiger partial charge in [0.1, 0.15) is 5.82 Å². The molecule has 1 aromatic carbocycles. The third kappa shape index (κ3) is 3.56. The smallest absolute Gasteiger partial charge is 0.308 e. The molecule has 1 amide bonds.